The van der Waals surface area contributed by atoms with Gasteiger partial charge in [0.25, 0.3) is 0 Å². The maximum atomic E-state index is 11.1. The van der Waals surface area contributed by atoms with Crippen molar-refractivity contribution in [2.75, 3.05) is 4.90 Å². The van der Waals surface area contributed by atoms with E-state index in [0.717, 1.165) is 22.7 Å². The minimum absolute atomic E-state index is 0.136. The van der Waals surface area contributed by atoms with E-state index < -0.39 is 0 Å². The molecule has 0 fully saturated rings. The lowest BCUT2D eigenvalue weighted by molar-refractivity contribution is 0.112. The van der Waals surface area contributed by atoms with E-state index in [9.17, 15) is 4.79 Å². The highest BCUT2D eigenvalue weighted by Crippen LogP contribution is 2.52. The van der Waals surface area contributed by atoms with Crippen molar-refractivity contribution in [3.63, 3.8) is 0 Å². The molecule has 5 aromatic rings. The van der Waals surface area contributed by atoms with E-state index in [0.29, 0.717) is 5.56 Å². The molecule has 0 amide bonds. The second-order valence-electron chi connectivity index (χ2n) is 9.48. The first-order valence-corrected chi connectivity index (χ1v) is 11.6. The Morgan fingerprint density at radius 1 is 0.618 bits per heavy atom. The van der Waals surface area contributed by atoms with Crippen LogP contribution in [0.5, 0.6) is 0 Å². The monoisotopic (exact) mass is 439 g/mol. The minimum atomic E-state index is -0.136. The molecule has 5 aromatic carbocycles. The number of carbonyl (C=O) groups is 1. The number of nitrogens with zero attached hydrogens (tertiary/aromatic N) is 1. The molecule has 1 aliphatic heterocycles. The van der Waals surface area contributed by atoms with Gasteiger partial charge in [-0.2, -0.15) is 0 Å². The molecule has 0 saturated heterocycles. The summed E-state index contributed by atoms with van der Waals surface area (Å²) >= 11 is 0. The fourth-order valence-corrected chi connectivity index (χ4v) is 5.26. The van der Waals surface area contributed by atoms with Crippen LogP contribution in [0.2, 0.25) is 0 Å². The summed E-state index contributed by atoms with van der Waals surface area (Å²) in [5.74, 6) is 0. The second kappa shape index (κ2) is 7.71. The van der Waals surface area contributed by atoms with Gasteiger partial charge < -0.3 is 4.90 Å². The van der Waals surface area contributed by atoms with Gasteiger partial charge in [-0.1, -0.05) is 80.6 Å². The Hall–Kier alpha value is -4.17. The molecule has 0 saturated carbocycles. The van der Waals surface area contributed by atoms with Gasteiger partial charge in [-0.3, -0.25) is 4.79 Å². The molecule has 0 N–H and O–H groups in total. The van der Waals surface area contributed by atoms with Crippen molar-refractivity contribution < 1.29 is 4.79 Å². The van der Waals surface area contributed by atoms with Crippen molar-refractivity contribution in [2.24, 2.45) is 0 Å². The summed E-state index contributed by atoms with van der Waals surface area (Å²) in [7, 11) is 0. The standard InChI is InChI=1S/C32H25NO/c1-32(2)28-10-6-7-11-30(28)33(27-8-4-3-5-9-27)31-17-16-26(20-29(31)32)25-15-14-23-18-22(21-34)12-13-24(23)19-25/h3-21H,1-2H3. The second-order valence-corrected chi connectivity index (χ2v) is 9.48. The van der Waals surface area contributed by atoms with E-state index in [1.807, 2.05) is 18.2 Å². The zero-order valence-corrected chi connectivity index (χ0v) is 19.3. The first-order valence-electron chi connectivity index (χ1n) is 11.6. The normalized spacial score (nSPS) is 13.9. The Balaban J connectivity index is 1.54. The molecule has 6 rings (SSSR count). The molecule has 0 atom stereocenters. The lowest BCUT2D eigenvalue weighted by atomic mass is 9.73. The first-order chi connectivity index (χ1) is 16.6. The summed E-state index contributed by atoms with van der Waals surface area (Å²) < 4.78 is 0. The van der Waals surface area contributed by atoms with Gasteiger partial charge in [-0.15, -0.1) is 0 Å². The van der Waals surface area contributed by atoms with Crippen molar-refractivity contribution in [3.05, 3.63) is 126 Å². The summed E-state index contributed by atoms with van der Waals surface area (Å²) in [6.07, 6.45) is 0.898. The van der Waals surface area contributed by atoms with E-state index in [-0.39, 0.29) is 5.41 Å². The summed E-state index contributed by atoms with van der Waals surface area (Å²) in [6, 6.07) is 38.5. The number of rotatable bonds is 3. The molecule has 2 heteroatoms. The minimum Gasteiger partial charge on any atom is -0.310 e. The van der Waals surface area contributed by atoms with Gasteiger partial charge in [-0.25, -0.2) is 0 Å². The smallest absolute Gasteiger partial charge is 0.150 e. The maximum absolute atomic E-state index is 11.1. The van der Waals surface area contributed by atoms with Crippen LogP contribution in [0.15, 0.2) is 109 Å². The number of aldehydes is 1. The Morgan fingerprint density at radius 2 is 1.26 bits per heavy atom. The van der Waals surface area contributed by atoms with Gasteiger partial charge in [0.15, 0.2) is 0 Å². The van der Waals surface area contributed by atoms with Gasteiger partial charge >= 0.3 is 0 Å². The van der Waals surface area contributed by atoms with Crippen LogP contribution in [0.1, 0.15) is 35.3 Å². The fourth-order valence-electron chi connectivity index (χ4n) is 5.26. The predicted molar refractivity (Wildman–Crippen MR) is 142 cm³/mol. The van der Waals surface area contributed by atoms with Gasteiger partial charge in [-0.05, 0) is 75.5 Å². The average molecular weight is 440 g/mol. The third-order valence-electron chi connectivity index (χ3n) is 7.08. The van der Waals surface area contributed by atoms with Gasteiger partial charge in [0.2, 0.25) is 0 Å². The molecule has 0 aromatic heterocycles. The number of benzene rings is 5. The van der Waals surface area contributed by atoms with E-state index in [1.54, 1.807) is 0 Å². The number of hydrogen-bond acceptors (Lipinski definition) is 2. The number of hydrogen-bond donors (Lipinski definition) is 0. The van der Waals surface area contributed by atoms with Crippen LogP contribution in [0, 0.1) is 0 Å². The lowest BCUT2D eigenvalue weighted by Gasteiger charge is -2.42. The Kier molecular flexibility index (Phi) is 4.63. The van der Waals surface area contributed by atoms with E-state index >= 15 is 0 Å². The molecule has 0 spiro atoms. The van der Waals surface area contributed by atoms with Crippen molar-refractivity contribution in [2.45, 2.75) is 19.3 Å². The largest absolute Gasteiger partial charge is 0.310 e. The Labute approximate surface area is 200 Å². The zero-order chi connectivity index (χ0) is 23.3. The van der Waals surface area contributed by atoms with Gasteiger partial charge in [0.05, 0.1) is 11.4 Å². The van der Waals surface area contributed by atoms with Crippen LogP contribution in [0.3, 0.4) is 0 Å². The van der Waals surface area contributed by atoms with Crippen LogP contribution in [0.25, 0.3) is 21.9 Å². The first kappa shape index (κ1) is 20.4. The van der Waals surface area contributed by atoms with E-state index in [4.69, 9.17) is 0 Å². The highest BCUT2D eigenvalue weighted by molar-refractivity contribution is 5.93. The van der Waals surface area contributed by atoms with Crippen molar-refractivity contribution in [3.8, 4) is 11.1 Å². The van der Waals surface area contributed by atoms with Crippen LogP contribution in [-0.4, -0.2) is 6.29 Å². The Bertz CT molecular complexity index is 1550. The topological polar surface area (TPSA) is 20.3 Å². The molecular formula is C32H25NO. The highest BCUT2D eigenvalue weighted by atomic mass is 16.1. The molecule has 34 heavy (non-hydrogen) atoms. The van der Waals surface area contributed by atoms with Gasteiger partial charge in [0.1, 0.15) is 6.29 Å². The highest BCUT2D eigenvalue weighted by Gasteiger charge is 2.36. The third-order valence-corrected chi connectivity index (χ3v) is 7.08. The number of para-hydroxylation sites is 2. The SMILES string of the molecule is CC1(C)c2ccccc2N(c2ccccc2)c2ccc(-c3ccc4cc(C=O)ccc4c3)cc21. The lowest BCUT2D eigenvalue weighted by Crippen LogP contribution is -2.30. The molecule has 0 aliphatic carbocycles. The number of carbonyl (C=O) groups excluding carboxylic acids is 1. The molecule has 164 valence electrons. The van der Waals surface area contributed by atoms with Crippen LogP contribution < -0.4 is 4.90 Å². The predicted octanol–water partition coefficient (Wildman–Crippen LogP) is 8.43. The summed E-state index contributed by atoms with van der Waals surface area (Å²) in [4.78, 5) is 13.5. The molecule has 1 heterocycles. The molecule has 0 bridgehead atoms. The van der Waals surface area contributed by atoms with E-state index in [1.165, 1.54) is 33.6 Å². The average Bonchev–Trinajstić information content (AvgIpc) is 2.89. The van der Waals surface area contributed by atoms with Crippen LogP contribution in [0.4, 0.5) is 17.1 Å². The maximum Gasteiger partial charge on any atom is 0.150 e. The molecule has 0 radical (unpaired) electrons. The summed E-state index contributed by atoms with van der Waals surface area (Å²) in [5, 5.41) is 2.21. The van der Waals surface area contributed by atoms with Crippen molar-refractivity contribution in [1.82, 2.24) is 0 Å². The number of anilines is 3. The van der Waals surface area contributed by atoms with Gasteiger partial charge in [0, 0.05) is 16.7 Å². The van der Waals surface area contributed by atoms with Crippen LogP contribution in [-0.2, 0) is 5.41 Å². The number of fused-ring (bicyclic) bond motifs is 3. The summed E-state index contributed by atoms with van der Waals surface area (Å²) in [6.45, 7) is 4.64. The van der Waals surface area contributed by atoms with Crippen LogP contribution >= 0.6 is 0 Å². The fraction of sp³-hybridized carbons (Fsp3) is 0.0938. The Morgan fingerprint density at radius 3 is 2.09 bits per heavy atom. The quantitative estimate of drug-likeness (QED) is 0.263. The molecular weight excluding hydrogens is 414 g/mol. The molecule has 2 nitrogen and oxygen atoms in total. The zero-order valence-electron chi connectivity index (χ0n) is 19.3. The molecule has 1 aliphatic rings. The third kappa shape index (κ3) is 3.14. The van der Waals surface area contributed by atoms with Crippen molar-refractivity contribution in [1.29, 1.82) is 0 Å². The molecule has 0 unspecified atom stereocenters. The van der Waals surface area contributed by atoms with Crippen molar-refractivity contribution >= 4 is 34.1 Å². The summed E-state index contributed by atoms with van der Waals surface area (Å²) in [5.41, 5.74) is 9.18. The van der Waals surface area contributed by atoms with E-state index in [2.05, 4.69) is 110 Å².